The molecule has 24 heavy (non-hydrogen) atoms. The third kappa shape index (κ3) is 3.55. The van der Waals surface area contributed by atoms with Crippen LogP contribution in [-0.4, -0.2) is 83.6 Å². The van der Waals surface area contributed by atoms with Crippen LogP contribution >= 0.6 is 11.6 Å². The fraction of sp³-hybridized carbons (Fsp3) is 0.562. The summed E-state index contributed by atoms with van der Waals surface area (Å²) in [4.78, 5) is 16.2. The monoisotopic (exact) mass is 358 g/mol. The van der Waals surface area contributed by atoms with Gasteiger partial charge in [0.1, 0.15) is 11.9 Å². The summed E-state index contributed by atoms with van der Waals surface area (Å²) in [6.07, 6.45) is -1.73. The number of carbonyl (C=O) groups excluding carboxylic acids is 1. The number of halogens is 2. The van der Waals surface area contributed by atoms with E-state index in [2.05, 4.69) is 0 Å². The fourth-order valence-corrected chi connectivity index (χ4v) is 3.33. The largest absolute Gasteiger partial charge is 0.389 e. The molecule has 2 N–H and O–H groups in total. The first-order chi connectivity index (χ1) is 11.5. The first-order valence-corrected chi connectivity index (χ1v) is 8.27. The zero-order chi connectivity index (χ0) is 17.3. The molecule has 0 aromatic heterocycles. The summed E-state index contributed by atoms with van der Waals surface area (Å²) >= 11 is 5.73. The zero-order valence-electron chi connectivity index (χ0n) is 13.1. The van der Waals surface area contributed by atoms with Crippen molar-refractivity contribution in [2.45, 2.75) is 18.2 Å². The number of amides is 1. The van der Waals surface area contributed by atoms with Gasteiger partial charge in [-0.05, 0) is 18.2 Å². The van der Waals surface area contributed by atoms with Crippen LogP contribution in [0.4, 0.5) is 4.39 Å². The van der Waals surface area contributed by atoms with E-state index in [9.17, 15) is 19.4 Å². The molecule has 0 spiro atoms. The Bertz CT molecular complexity index is 610. The van der Waals surface area contributed by atoms with E-state index >= 15 is 0 Å². The molecule has 0 radical (unpaired) electrons. The molecule has 1 aromatic rings. The van der Waals surface area contributed by atoms with Gasteiger partial charge >= 0.3 is 0 Å². The second-order valence-corrected chi connectivity index (χ2v) is 6.53. The van der Waals surface area contributed by atoms with Crippen molar-refractivity contribution in [3.05, 3.63) is 34.6 Å². The second-order valence-electron chi connectivity index (χ2n) is 6.12. The summed E-state index contributed by atoms with van der Waals surface area (Å²) in [6, 6.07) is 3.67. The highest BCUT2D eigenvalue weighted by Gasteiger charge is 2.37. The quantitative estimate of drug-likeness (QED) is 0.798. The molecule has 8 heteroatoms. The van der Waals surface area contributed by atoms with Crippen molar-refractivity contribution in [2.75, 3.05) is 39.4 Å². The van der Waals surface area contributed by atoms with Crippen LogP contribution in [0.15, 0.2) is 18.2 Å². The van der Waals surface area contributed by atoms with E-state index in [1.807, 2.05) is 4.90 Å². The number of hydrogen-bond acceptors (Lipinski definition) is 5. The lowest BCUT2D eigenvalue weighted by Crippen LogP contribution is -2.60. The predicted octanol–water partition coefficient (Wildman–Crippen LogP) is 0.358. The number of carbonyl (C=O) groups is 1. The smallest absolute Gasteiger partial charge is 0.253 e. The van der Waals surface area contributed by atoms with Crippen LogP contribution in [0.3, 0.4) is 0 Å². The van der Waals surface area contributed by atoms with E-state index < -0.39 is 18.0 Å². The topological polar surface area (TPSA) is 73.2 Å². The van der Waals surface area contributed by atoms with E-state index in [4.69, 9.17) is 16.3 Å². The number of hydrogen-bond donors (Lipinski definition) is 2. The van der Waals surface area contributed by atoms with Crippen molar-refractivity contribution in [2.24, 2.45) is 0 Å². The van der Waals surface area contributed by atoms with Gasteiger partial charge in [0, 0.05) is 31.7 Å². The second kappa shape index (κ2) is 7.33. The number of ether oxygens (including phenoxy) is 1. The molecular formula is C16H20ClFN2O4. The van der Waals surface area contributed by atoms with Crippen LogP contribution in [0, 0.1) is 5.82 Å². The maximum atomic E-state index is 13.2. The van der Waals surface area contributed by atoms with Gasteiger partial charge < -0.3 is 19.8 Å². The molecule has 2 aliphatic heterocycles. The molecule has 0 unspecified atom stereocenters. The molecule has 1 amide bonds. The molecule has 2 fully saturated rings. The van der Waals surface area contributed by atoms with Crippen molar-refractivity contribution < 1.29 is 24.1 Å². The van der Waals surface area contributed by atoms with Crippen LogP contribution in [-0.2, 0) is 4.74 Å². The summed E-state index contributed by atoms with van der Waals surface area (Å²) in [7, 11) is 0. The minimum atomic E-state index is -0.884. The molecule has 3 rings (SSSR count). The van der Waals surface area contributed by atoms with E-state index in [0.29, 0.717) is 38.3 Å². The molecule has 2 heterocycles. The van der Waals surface area contributed by atoms with E-state index in [1.165, 1.54) is 18.2 Å². The van der Waals surface area contributed by atoms with Crippen molar-refractivity contribution in [3.8, 4) is 0 Å². The van der Waals surface area contributed by atoms with Crippen molar-refractivity contribution in [1.82, 2.24) is 9.80 Å². The van der Waals surface area contributed by atoms with Gasteiger partial charge in [0.15, 0.2) is 0 Å². The zero-order valence-corrected chi connectivity index (χ0v) is 13.8. The van der Waals surface area contributed by atoms with E-state index in [1.54, 1.807) is 4.90 Å². The Morgan fingerprint density at radius 2 is 1.92 bits per heavy atom. The highest BCUT2D eigenvalue weighted by atomic mass is 35.5. The number of piperazine rings is 1. The van der Waals surface area contributed by atoms with Crippen LogP contribution in [0.2, 0.25) is 5.02 Å². The highest BCUT2D eigenvalue weighted by Crippen LogP contribution is 2.20. The van der Waals surface area contributed by atoms with Gasteiger partial charge in [0.2, 0.25) is 0 Å². The van der Waals surface area contributed by atoms with E-state index in [-0.39, 0.29) is 23.6 Å². The third-order valence-electron chi connectivity index (χ3n) is 4.60. The van der Waals surface area contributed by atoms with Crippen LogP contribution in [0.1, 0.15) is 10.4 Å². The van der Waals surface area contributed by atoms with Gasteiger partial charge in [0.05, 0.1) is 30.4 Å². The summed E-state index contributed by atoms with van der Waals surface area (Å²) in [5.41, 5.74) is 0.353. The van der Waals surface area contributed by atoms with Crippen LogP contribution in [0.5, 0.6) is 0 Å². The fourth-order valence-electron chi connectivity index (χ4n) is 3.15. The molecule has 0 aliphatic carbocycles. The lowest BCUT2D eigenvalue weighted by Gasteiger charge is -2.43. The number of benzene rings is 1. The summed E-state index contributed by atoms with van der Waals surface area (Å²) in [5.74, 6) is -0.750. The standard InChI is InChI=1S/C16H20ClFN2O4/c17-11-7-10(1-2-12(11)18)16(23)20-5-3-19(4-6-20)13-8-24-9-14(21)15(13)22/h1-2,7,13-15,21-22H,3-6,8-9H2/t13-,14-,15+/m1/s1. The minimum absolute atomic E-state index is 0.0732. The summed E-state index contributed by atoms with van der Waals surface area (Å²) < 4.78 is 18.5. The lowest BCUT2D eigenvalue weighted by molar-refractivity contribution is -0.136. The van der Waals surface area contributed by atoms with Gasteiger partial charge in [-0.2, -0.15) is 0 Å². The Balaban J connectivity index is 1.60. The number of aliphatic hydroxyl groups excluding tert-OH is 2. The number of nitrogens with zero attached hydrogens (tertiary/aromatic N) is 2. The first-order valence-electron chi connectivity index (χ1n) is 7.89. The average Bonchev–Trinajstić information content (AvgIpc) is 2.59. The van der Waals surface area contributed by atoms with Gasteiger partial charge in [-0.3, -0.25) is 9.69 Å². The average molecular weight is 359 g/mol. The number of aliphatic hydroxyl groups is 2. The van der Waals surface area contributed by atoms with Crippen molar-refractivity contribution in [1.29, 1.82) is 0 Å². The predicted molar refractivity (Wildman–Crippen MR) is 85.5 cm³/mol. The molecule has 132 valence electrons. The van der Waals surface area contributed by atoms with Gasteiger partial charge in [-0.1, -0.05) is 11.6 Å². The SMILES string of the molecule is O=C(c1ccc(F)c(Cl)c1)N1CCN([C@@H]2COC[C@@H](O)[C@H]2O)CC1. The Hall–Kier alpha value is -1.25. The molecule has 2 saturated heterocycles. The first kappa shape index (κ1) is 17.6. The Morgan fingerprint density at radius 1 is 1.21 bits per heavy atom. The molecule has 1 aromatic carbocycles. The Morgan fingerprint density at radius 3 is 2.58 bits per heavy atom. The number of rotatable bonds is 2. The van der Waals surface area contributed by atoms with Gasteiger partial charge in [-0.15, -0.1) is 0 Å². The highest BCUT2D eigenvalue weighted by molar-refractivity contribution is 6.31. The summed E-state index contributed by atoms with van der Waals surface area (Å²) in [5, 5.41) is 19.7. The lowest BCUT2D eigenvalue weighted by atomic mass is 10.0. The molecule has 0 bridgehead atoms. The maximum Gasteiger partial charge on any atom is 0.253 e. The van der Waals surface area contributed by atoms with E-state index in [0.717, 1.165) is 0 Å². The molecule has 6 nitrogen and oxygen atoms in total. The molecule has 2 aliphatic rings. The van der Waals surface area contributed by atoms with Gasteiger partial charge in [-0.25, -0.2) is 4.39 Å². The molecule has 3 atom stereocenters. The molecule has 0 saturated carbocycles. The third-order valence-corrected chi connectivity index (χ3v) is 4.89. The Labute approximate surface area is 144 Å². The Kier molecular flexibility index (Phi) is 5.36. The van der Waals surface area contributed by atoms with Gasteiger partial charge in [0.25, 0.3) is 5.91 Å². The van der Waals surface area contributed by atoms with Crippen molar-refractivity contribution in [3.63, 3.8) is 0 Å². The summed E-state index contributed by atoms with van der Waals surface area (Å²) in [6.45, 7) is 2.60. The van der Waals surface area contributed by atoms with Crippen LogP contribution in [0.25, 0.3) is 0 Å². The van der Waals surface area contributed by atoms with Crippen LogP contribution < -0.4 is 0 Å². The molecular weight excluding hydrogens is 339 g/mol. The normalized spacial score (nSPS) is 28.8. The maximum absolute atomic E-state index is 13.2. The minimum Gasteiger partial charge on any atom is -0.389 e. The van der Waals surface area contributed by atoms with Crippen molar-refractivity contribution >= 4 is 17.5 Å².